The molecule has 0 unspecified atom stereocenters. The van der Waals surface area contributed by atoms with Crippen LogP contribution in [-0.4, -0.2) is 32.4 Å². The molecule has 0 atom stereocenters. The number of carbonyl (C=O) groups is 1. The third-order valence-corrected chi connectivity index (χ3v) is 4.77. The van der Waals surface area contributed by atoms with E-state index in [0.717, 1.165) is 0 Å². The zero-order chi connectivity index (χ0) is 14.3. The lowest BCUT2D eigenvalue weighted by molar-refractivity contribution is -0.147. The van der Waals surface area contributed by atoms with Crippen LogP contribution in [0.25, 0.3) is 0 Å². The van der Waals surface area contributed by atoms with Gasteiger partial charge in [-0.3, -0.25) is 18.4 Å². The molecule has 0 amide bonds. The monoisotopic (exact) mass is 294 g/mol. The topological polar surface area (TPSA) is 71.1 Å². The molecule has 19 heavy (non-hydrogen) atoms. The lowest BCUT2D eigenvalue weighted by atomic mass is 9.88. The first-order chi connectivity index (χ1) is 9.04. The number of esters is 1. The molecule has 0 radical (unpaired) electrons. The first-order valence-corrected chi connectivity index (χ1v) is 8.16. The van der Waals surface area contributed by atoms with Crippen LogP contribution in [0, 0.1) is 5.92 Å². The quantitative estimate of drug-likeness (QED) is 0.531. The van der Waals surface area contributed by atoms with E-state index in [-0.39, 0.29) is 31.2 Å². The van der Waals surface area contributed by atoms with Gasteiger partial charge in [-0.2, -0.15) is 0 Å². The Bertz CT molecular complexity index is 314. The Morgan fingerprint density at radius 1 is 1.11 bits per heavy atom. The summed E-state index contributed by atoms with van der Waals surface area (Å²) in [7, 11) is -2.06. The Morgan fingerprint density at radius 3 is 2.05 bits per heavy atom. The van der Waals surface area contributed by atoms with E-state index in [0.29, 0.717) is 25.7 Å². The van der Waals surface area contributed by atoms with Gasteiger partial charge in [-0.05, 0) is 39.5 Å². The number of hydrogen-bond acceptors (Lipinski definition) is 6. The summed E-state index contributed by atoms with van der Waals surface area (Å²) >= 11 is 0. The van der Waals surface area contributed by atoms with Crippen molar-refractivity contribution in [1.82, 2.24) is 0 Å². The Hall–Kier alpha value is -0.420. The van der Waals surface area contributed by atoms with Crippen LogP contribution in [-0.2, 0) is 27.7 Å². The molecule has 0 aromatic heterocycles. The molecule has 7 heteroatoms. The highest BCUT2D eigenvalue weighted by Crippen LogP contribution is 2.52. The number of hydrogen-bond donors (Lipinski definition) is 0. The highest BCUT2D eigenvalue weighted by atomic mass is 31.2. The number of ether oxygens (including phenoxy) is 1. The molecule has 0 aromatic carbocycles. The average molecular weight is 294 g/mol. The van der Waals surface area contributed by atoms with Gasteiger partial charge in [0.1, 0.15) is 0 Å². The molecular weight excluding hydrogens is 271 g/mol. The maximum Gasteiger partial charge on any atom is 0.475 e. The number of phosphoric acid groups is 1. The van der Waals surface area contributed by atoms with Crippen LogP contribution in [0.3, 0.4) is 0 Å². The molecule has 112 valence electrons. The number of methoxy groups -OCH3 is 1. The smallest absolute Gasteiger partial charge is 0.469 e. The second kappa shape index (κ2) is 8.00. The van der Waals surface area contributed by atoms with E-state index in [1.165, 1.54) is 7.11 Å². The molecule has 0 saturated heterocycles. The van der Waals surface area contributed by atoms with Gasteiger partial charge < -0.3 is 4.74 Å². The first kappa shape index (κ1) is 16.6. The predicted octanol–water partition coefficient (Wildman–Crippen LogP) is 2.92. The minimum atomic E-state index is -3.45. The lowest BCUT2D eigenvalue weighted by Crippen LogP contribution is -2.26. The Kier molecular flexibility index (Phi) is 7.00. The molecule has 6 nitrogen and oxygen atoms in total. The van der Waals surface area contributed by atoms with Crippen molar-refractivity contribution in [2.45, 2.75) is 45.6 Å². The Labute approximate surface area is 114 Å². The van der Waals surface area contributed by atoms with E-state index >= 15 is 0 Å². The fourth-order valence-corrected chi connectivity index (χ4v) is 3.57. The van der Waals surface area contributed by atoms with Crippen molar-refractivity contribution in [1.29, 1.82) is 0 Å². The summed E-state index contributed by atoms with van der Waals surface area (Å²) in [6.07, 6.45) is 2.48. The van der Waals surface area contributed by atoms with E-state index in [1.807, 2.05) is 0 Å². The van der Waals surface area contributed by atoms with Gasteiger partial charge in [-0.25, -0.2) is 4.57 Å². The second-order valence-corrected chi connectivity index (χ2v) is 6.01. The molecule has 0 aromatic rings. The highest BCUT2D eigenvalue weighted by Gasteiger charge is 2.34. The van der Waals surface area contributed by atoms with Crippen LogP contribution in [0.1, 0.15) is 39.5 Å². The summed E-state index contributed by atoms with van der Waals surface area (Å²) in [5, 5.41) is 0. The predicted molar refractivity (Wildman–Crippen MR) is 69.7 cm³/mol. The third-order valence-electron chi connectivity index (χ3n) is 3.06. The molecule has 1 rings (SSSR count). The summed E-state index contributed by atoms with van der Waals surface area (Å²) in [4.78, 5) is 11.4. The van der Waals surface area contributed by atoms with E-state index in [1.54, 1.807) is 13.8 Å². The maximum atomic E-state index is 12.2. The number of phosphoric ester groups is 1. The number of carbonyl (C=O) groups excluding carboxylic acids is 1. The zero-order valence-electron chi connectivity index (χ0n) is 11.8. The van der Waals surface area contributed by atoms with Gasteiger partial charge in [0, 0.05) is 0 Å². The molecule has 0 heterocycles. The summed E-state index contributed by atoms with van der Waals surface area (Å²) in [6.45, 7) is 4.02. The van der Waals surface area contributed by atoms with Gasteiger partial charge in [0.15, 0.2) is 0 Å². The van der Waals surface area contributed by atoms with Crippen LogP contribution in [0.4, 0.5) is 0 Å². The van der Waals surface area contributed by atoms with Gasteiger partial charge in [0.05, 0.1) is 32.3 Å². The Balaban J connectivity index is 2.46. The second-order valence-electron chi connectivity index (χ2n) is 4.38. The zero-order valence-corrected chi connectivity index (χ0v) is 12.7. The van der Waals surface area contributed by atoms with Crippen LogP contribution >= 0.6 is 7.82 Å². The summed E-state index contributed by atoms with van der Waals surface area (Å²) in [6, 6.07) is 0. The molecule has 0 spiro atoms. The van der Waals surface area contributed by atoms with Crippen molar-refractivity contribution >= 4 is 13.8 Å². The first-order valence-electron chi connectivity index (χ1n) is 6.70. The van der Waals surface area contributed by atoms with Crippen molar-refractivity contribution < 1.29 is 27.7 Å². The molecule has 1 aliphatic rings. The minimum absolute atomic E-state index is 0.0802. The summed E-state index contributed by atoms with van der Waals surface area (Å²) < 4.78 is 32.6. The maximum absolute atomic E-state index is 12.2. The minimum Gasteiger partial charge on any atom is -0.469 e. The van der Waals surface area contributed by atoms with Crippen molar-refractivity contribution in [3.63, 3.8) is 0 Å². The van der Waals surface area contributed by atoms with Gasteiger partial charge in [-0.1, -0.05) is 0 Å². The Morgan fingerprint density at radius 2 is 1.63 bits per heavy atom. The third kappa shape index (κ3) is 5.22. The van der Waals surface area contributed by atoms with Crippen LogP contribution in [0.5, 0.6) is 0 Å². The highest BCUT2D eigenvalue weighted by molar-refractivity contribution is 7.48. The van der Waals surface area contributed by atoms with Gasteiger partial charge in [-0.15, -0.1) is 0 Å². The van der Waals surface area contributed by atoms with Crippen molar-refractivity contribution in [2.75, 3.05) is 20.3 Å². The molecule has 0 bridgehead atoms. The van der Waals surface area contributed by atoms with E-state index in [2.05, 4.69) is 0 Å². The van der Waals surface area contributed by atoms with Crippen molar-refractivity contribution in [3.05, 3.63) is 0 Å². The van der Waals surface area contributed by atoms with Crippen LogP contribution < -0.4 is 0 Å². The summed E-state index contributed by atoms with van der Waals surface area (Å²) in [5.41, 5.74) is 0. The lowest BCUT2D eigenvalue weighted by Gasteiger charge is -2.29. The van der Waals surface area contributed by atoms with Crippen molar-refractivity contribution in [3.8, 4) is 0 Å². The van der Waals surface area contributed by atoms with Gasteiger partial charge >= 0.3 is 13.8 Å². The number of rotatable bonds is 7. The molecule has 1 saturated carbocycles. The molecule has 1 fully saturated rings. The molecule has 1 aliphatic carbocycles. The van der Waals surface area contributed by atoms with E-state index < -0.39 is 7.82 Å². The fraction of sp³-hybridized carbons (Fsp3) is 0.917. The van der Waals surface area contributed by atoms with Crippen LogP contribution in [0.15, 0.2) is 0 Å². The van der Waals surface area contributed by atoms with Crippen LogP contribution in [0.2, 0.25) is 0 Å². The standard InChI is InChI=1S/C12H23O6P/c1-4-16-19(14,17-5-2)18-11-8-6-10(7-9-11)12(13)15-3/h10-11H,4-9H2,1-3H3. The van der Waals surface area contributed by atoms with E-state index in [9.17, 15) is 9.36 Å². The molecule has 0 aliphatic heterocycles. The van der Waals surface area contributed by atoms with Gasteiger partial charge in [0.2, 0.25) is 0 Å². The fourth-order valence-electron chi connectivity index (χ4n) is 2.17. The molecule has 0 N–H and O–H groups in total. The summed E-state index contributed by atoms with van der Waals surface area (Å²) in [5.74, 6) is -0.264. The van der Waals surface area contributed by atoms with Crippen molar-refractivity contribution in [2.24, 2.45) is 5.92 Å². The SMILES string of the molecule is CCOP(=O)(OCC)OC1CCC(C(=O)OC)CC1. The largest absolute Gasteiger partial charge is 0.475 e. The average Bonchev–Trinajstić information content (AvgIpc) is 2.39. The normalized spacial score (nSPS) is 24.2. The molecular formula is C12H23O6P. The van der Waals surface area contributed by atoms with E-state index in [4.69, 9.17) is 18.3 Å². The van der Waals surface area contributed by atoms with Gasteiger partial charge in [0.25, 0.3) is 0 Å².